The normalized spacial score (nSPS) is 24.1. The molecule has 2 fully saturated rings. The monoisotopic (exact) mass is 459 g/mol. The third kappa shape index (κ3) is 4.00. The number of likely N-dealkylation sites (tertiary alicyclic amines) is 1. The molecule has 2 aliphatic heterocycles. The van der Waals surface area contributed by atoms with Crippen LogP contribution in [0.25, 0.3) is 5.76 Å². The number of halogens is 1. The smallest absolute Gasteiger partial charge is 0.295 e. The lowest BCUT2D eigenvalue weighted by Crippen LogP contribution is -2.40. The molecule has 0 aromatic heterocycles. The van der Waals surface area contributed by atoms with Crippen molar-refractivity contribution in [1.82, 2.24) is 4.90 Å². The summed E-state index contributed by atoms with van der Waals surface area (Å²) < 4.78 is 43.6. The number of ketones is 1. The molecule has 32 heavy (non-hydrogen) atoms. The van der Waals surface area contributed by atoms with E-state index >= 15 is 0 Å². The van der Waals surface area contributed by atoms with Gasteiger partial charge in [0.1, 0.15) is 17.3 Å². The Bertz CT molecular complexity index is 1220. The molecule has 1 N–H and O–H groups in total. The van der Waals surface area contributed by atoms with Crippen molar-refractivity contribution >= 4 is 27.3 Å². The molecule has 168 valence electrons. The van der Waals surface area contributed by atoms with Crippen LogP contribution in [0.15, 0.2) is 54.1 Å². The van der Waals surface area contributed by atoms with Gasteiger partial charge < -0.3 is 14.7 Å². The second kappa shape index (κ2) is 8.38. The summed E-state index contributed by atoms with van der Waals surface area (Å²) in [4.78, 5) is 27.2. The molecule has 2 saturated heterocycles. The van der Waals surface area contributed by atoms with Crippen LogP contribution in [0.4, 0.5) is 4.39 Å². The fourth-order valence-corrected chi connectivity index (χ4v) is 5.99. The topological polar surface area (TPSA) is 101 Å². The van der Waals surface area contributed by atoms with Gasteiger partial charge in [-0.15, -0.1) is 0 Å². The summed E-state index contributed by atoms with van der Waals surface area (Å²) in [5, 5.41) is 11.1. The van der Waals surface area contributed by atoms with Crippen LogP contribution < -0.4 is 4.74 Å². The molecule has 1 amide bonds. The zero-order chi connectivity index (χ0) is 23.0. The van der Waals surface area contributed by atoms with Crippen LogP contribution in [-0.4, -0.2) is 54.3 Å². The molecule has 2 aromatic carbocycles. The summed E-state index contributed by atoms with van der Waals surface area (Å²) in [5.74, 6) is -2.78. The number of rotatable bonds is 5. The van der Waals surface area contributed by atoms with Crippen molar-refractivity contribution in [3.8, 4) is 5.75 Å². The SMILES string of the molecule is CCOc1cccc(C(O)=C2C(=O)C(=O)N([C@@H]3CCS(=O)(=O)C3)[C@H]2c2cccc(F)c2)c1. The predicted octanol–water partition coefficient (Wildman–Crippen LogP) is 2.83. The Labute approximate surface area is 185 Å². The molecule has 0 aliphatic carbocycles. The highest BCUT2D eigenvalue weighted by Gasteiger charge is 2.51. The van der Waals surface area contributed by atoms with Gasteiger partial charge in [-0.05, 0) is 43.2 Å². The standard InChI is InChI=1S/C23H22FNO6S/c1-2-31-18-8-4-6-15(12-18)21(26)19-20(14-5-3-7-16(24)11-14)25(23(28)22(19)27)17-9-10-32(29,30)13-17/h3-8,11-12,17,20,26H,2,9-10,13H2,1H3/t17-,20+/m1/s1. The first-order valence-corrected chi connectivity index (χ1v) is 12.0. The van der Waals surface area contributed by atoms with E-state index in [4.69, 9.17) is 4.74 Å². The number of ether oxygens (including phenoxy) is 1. The van der Waals surface area contributed by atoms with Gasteiger partial charge in [0, 0.05) is 11.6 Å². The van der Waals surface area contributed by atoms with Crippen LogP contribution in [0.2, 0.25) is 0 Å². The first-order chi connectivity index (χ1) is 15.2. The molecule has 0 spiro atoms. The average Bonchev–Trinajstić information content (AvgIpc) is 3.24. The van der Waals surface area contributed by atoms with Gasteiger partial charge in [0.25, 0.3) is 11.7 Å². The fourth-order valence-electron chi connectivity index (χ4n) is 4.28. The van der Waals surface area contributed by atoms with E-state index in [9.17, 15) is 27.5 Å². The molecular formula is C23H22FNO6S. The number of hydrogen-bond donors (Lipinski definition) is 1. The van der Waals surface area contributed by atoms with Gasteiger partial charge in [-0.2, -0.15) is 0 Å². The quantitative estimate of drug-likeness (QED) is 0.419. The first kappa shape index (κ1) is 22.0. The number of aliphatic hydroxyl groups excluding tert-OH is 1. The third-order valence-corrected chi connectivity index (χ3v) is 7.42. The molecule has 2 aromatic rings. The second-order valence-corrected chi connectivity index (χ2v) is 10.0. The van der Waals surface area contributed by atoms with Gasteiger partial charge >= 0.3 is 0 Å². The molecule has 2 aliphatic rings. The van der Waals surface area contributed by atoms with Gasteiger partial charge in [0.05, 0.1) is 29.7 Å². The van der Waals surface area contributed by atoms with Crippen LogP contribution in [0, 0.1) is 5.82 Å². The Morgan fingerprint density at radius 3 is 2.59 bits per heavy atom. The molecule has 2 atom stereocenters. The number of aliphatic hydroxyl groups is 1. The lowest BCUT2D eigenvalue weighted by molar-refractivity contribution is -0.141. The van der Waals surface area contributed by atoms with E-state index in [-0.39, 0.29) is 34.6 Å². The van der Waals surface area contributed by atoms with Crippen molar-refractivity contribution in [3.05, 3.63) is 71.0 Å². The summed E-state index contributed by atoms with van der Waals surface area (Å²) in [6.07, 6.45) is 0.168. The van der Waals surface area contributed by atoms with E-state index in [0.717, 1.165) is 0 Å². The predicted molar refractivity (Wildman–Crippen MR) is 115 cm³/mol. The number of amides is 1. The highest BCUT2D eigenvalue weighted by molar-refractivity contribution is 7.91. The Morgan fingerprint density at radius 2 is 1.94 bits per heavy atom. The van der Waals surface area contributed by atoms with Crippen molar-refractivity contribution in [2.75, 3.05) is 18.1 Å². The molecule has 9 heteroatoms. The van der Waals surface area contributed by atoms with Crippen molar-refractivity contribution in [3.63, 3.8) is 0 Å². The zero-order valence-corrected chi connectivity index (χ0v) is 18.1. The minimum atomic E-state index is -3.36. The van der Waals surface area contributed by atoms with Gasteiger partial charge in [-0.1, -0.05) is 24.3 Å². The number of hydrogen-bond acceptors (Lipinski definition) is 6. The van der Waals surface area contributed by atoms with Gasteiger partial charge in [0.15, 0.2) is 9.84 Å². The lowest BCUT2D eigenvalue weighted by atomic mass is 9.94. The number of nitrogens with zero attached hydrogens (tertiary/aromatic N) is 1. The van der Waals surface area contributed by atoms with E-state index in [1.807, 2.05) is 0 Å². The molecule has 0 bridgehead atoms. The van der Waals surface area contributed by atoms with E-state index < -0.39 is 45.2 Å². The average molecular weight is 459 g/mol. The summed E-state index contributed by atoms with van der Waals surface area (Å²) in [6.45, 7) is 2.20. The Morgan fingerprint density at radius 1 is 1.19 bits per heavy atom. The Kier molecular flexibility index (Phi) is 5.77. The number of carbonyl (C=O) groups is 2. The number of carbonyl (C=O) groups excluding carboxylic acids is 2. The second-order valence-electron chi connectivity index (χ2n) is 7.78. The van der Waals surface area contributed by atoms with Crippen molar-refractivity contribution < 1.29 is 32.2 Å². The molecule has 2 heterocycles. The summed E-state index contributed by atoms with van der Waals surface area (Å²) >= 11 is 0. The van der Waals surface area contributed by atoms with Crippen molar-refractivity contribution in [1.29, 1.82) is 0 Å². The van der Waals surface area contributed by atoms with E-state index in [1.54, 1.807) is 31.2 Å². The molecular weight excluding hydrogens is 437 g/mol. The minimum absolute atomic E-state index is 0.104. The molecule has 0 radical (unpaired) electrons. The Balaban J connectivity index is 1.88. The third-order valence-electron chi connectivity index (χ3n) is 5.66. The van der Waals surface area contributed by atoms with Crippen LogP contribution in [0.3, 0.4) is 0 Å². The van der Waals surface area contributed by atoms with Crippen LogP contribution in [-0.2, 0) is 19.4 Å². The number of sulfone groups is 1. The molecule has 0 saturated carbocycles. The highest BCUT2D eigenvalue weighted by Crippen LogP contribution is 2.42. The van der Waals surface area contributed by atoms with Crippen LogP contribution >= 0.6 is 0 Å². The maximum atomic E-state index is 14.1. The van der Waals surface area contributed by atoms with E-state index in [2.05, 4.69) is 0 Å². The van der Waals surface area contributed by atoms with Crippen molar-refractivity contribution in [2.24, 2.45) is 0 Å². The molecule has 0 unspecified atom stereocenters. The fraction of sp³-hybridized carbons (Fsp3) is 0.304. The van der Waals surface area contributed by atoms with Crippen molar-refractivity contribution in [2.45, 2.75) is 25.4 Å². The minimum Gasteiger partial charge on any atom is -0.507 e. The van der Waals surface area contributed by atoms with E-state index in [1.165, 1.54) is 29.2 Å². The largest absolute Gasteiger partial charge is 0.507 e. The number of Topliss-reactive ketones (excluding diaryl/α,β-unsaturated/α-hetero) is 1. The summed E-state index contributed by atoms with van der Waals surface area (Å²) in [6, 6.07) is 9.94. The zero-order valence-electron chi connectivity index (χ0n) is 17.3. The van der Waals surface area contributed by atoms with Gasteiger partial charge in [0.2, 0.25) is 0 Å². The van der Waals surface area contributed by atoms with E-state index in [0.29, 0.717) is 12.4 Å². The Hall–Kier alpha value is -3.20. The maximum absolute atomic E-state index is 14.1. The summed E-state index contributed by atoms with van der Waals surface area (Å²) in [7, 11) is -3.36. The highest BCUT2D eigenvalue weighted by atomic mass is 32.2. The van der Waals surface area contributed by atoms with Gasteiger partial charge in [-0.25, -0.2) is 12.8 Å². The first-order valence-electron chi connectivity index (χ1n) is 10.2. The van der Waals surface area contributed by atoms with Gasteiger partial charge in [-0.3, -0.25) is 9.59 Å². The maximum Gasteiger partial charge on any atom is 0.295 e. The number of benzene rings is 2. The molecule has 7 nitrogen and oxygen atoms in total. The summed E-state index contributed by atoms with van der Waals surface area (Å²) in [5.41, 5.74) is 0.323. The molecule has 4 rings (SSSR count). The lowest BCUT2D eigenvalue weighted by Gasteiger charge is -2.30. The van der Waals surface area contributed by atoms with Crippen LogP contribution in [0.5, 0.6) is 5.75 Å². The van der Waals surface area contributed by atoms with Crippen LogP contribution in [0.1, 0.15) is 30.5 Å².